The van der Waals surface area contributed by atoms with E-state index in [9.17, 15) is 8.42 Å². The molecule has 1 fully saturated rings. The largest absolute Gasteiger partial charge is 0.411 e. The number of rotatable bonds is 2. The molecule has 0 aromatic heterocycles. The summed E-state index contributed by atoms with van der Waals surface area (Å²) in [6, 6.07) is 6.83. The Hall–Kier alpha value is -1.40. The van der Waals surface area contributed by atoms with Gasteiger partial charge in [0.25, 0.3) is 0 Å². The maximum atomic E-state index is 12.3. The predicted octanol–water partition coefficient (Wildman–Crippen LogP) is 1.61. The molecule has 1 aromatic carbocycles. The molecule has 0 bridgehead atoms. The summed E-state index contributed by atoms with van der Waals surface area (Å²) >= 11 is 0. The van der Waals surface area contributed by atoms with Crippen molar-refractivity contribution in [2.75, 3.05) is 13.1 Å². The van der Waals surface area contributed by atoms with Crippen molar-refractivity contribution in [3.63, 3.8) is 0 Å². The van der Waals surface area contributed by atoms with Gasteiger partial charge in [0.1, 0.15) is 0 Å². The van der Waals surface area contributed by atoms with E-state index in [2.05, 4.69) is 5.16 Å². The summed E-state index contributed by atoms with van der Waals surface area (Å²) in [5.74, 6) is 0. The minimum atomic E-state index is -3.41. The first-order chi connectivity index (χ1) is 8.54. The van der Waals surface area contributed by atoms with Crippen molar-refractivity contribution >= 4 is 15.7 Å². The van der Waals surface area contributed by atoms with Crippen molar-refractivity contribution in [3.05, 3.63) is 29.8 Å². The van der Waals surface area contributed by atoms with Crippen LogP contribution in [0.1, 0.15) is 18.4 Å². The smallest absolute Gasteiger partial charge is 0.243 e. The standard InChI is InChI=1S/C12H16N2O3S/c1-10-2-4-12(5-3-10)18(16,17)14-8-6-11(13-15)7-9-14/h2-5,15H,6-9H2,1H3. The van der Waals surface area contributed by atoms with Crippen LogP contribution in [0, 0.1) is 6.92 Å². The topological polar surface area (TPSA) is 70.0 Å². The Labute approximate surface area is 107 Å². The second kappa shape index (κ2) is 5.07. The van der Waals surface area contributed by atoms with Gasteiger partial charge in [-0.05, 0) is 19.1 Å². The molecule has 5 nitrogen and oxygen atoms in total. The van der Waals surface area contributed by atoms with Crippen LogP contribution >= 0.6 is 0 Å². The van der Waals surface area contributed by atoms with Gasteiger partial charge in [-0.25, -0.2) is 8.42 Å². The average Bonchev–Trinajstić information content (AvgIpc) is 2.39. The molecule has 0 spiro atoms. The number of nitrogens with zero attached hydrogens (tertiary/aromatic N) is 2. The van der Waals surface area contributed by atoms with E-state index in [1.54, 1.807) is 24.3 Å². The molecule has 1 aromatic rings. The van der Waals surface area contributed by atoms with Crippen molar-refractivity contribution in [1.29, 1.82) is 0 Å². The highest BCUT2D eigenvalue weighted by Gasteiger charge is 2.27. The van der Waals surface area contributed by atoms with Gasteiger partial charge in [0, 0.05) is 25.9 Å². The monoisotopic (exact) mass is 268 g/mol. The second-order valence-corrected chi connectivity index (χ2v) is 6.32. The Kier molecular flexibility index (Phi) is 3.68. The first-order valence-corrected chi connectivity index (χ1v) is 7.24. The second-order valence-electron chi connectivity index (χ2n) is 4.38. The molecule has 0 unspecified atom stereocenters. The summed E-state index contributed by atoms with van der Waals surface area (Å²) in [6.45, 7) is 2.66. The van der Waals surface area contributed by atoms with Crippen LogP contribution in [0.5, 0.6) is 0 Å². The molecule has 2 rings (SSSR count). The highest BCUT2D eigenvalue weighted by Crippen LogP contribution is 2.19. The molecular formula is C12H16N2O3S. The van der Waals surface area contributed by atoms with Gasteiger partial charge in [0.15, 0.2) is 0 Å². The Balaban J connectivity index is 2.20. The van der Waals surface area contributed by atoms with Gasteiger partial charge in [0.05, 0.1) is 10.6 Å². The van der Waals surface area contributed by atoms with Crippen LogP contribution in [0.15, 0.2) is 34.3 Å². The van der Waals surface area contributed by atoms with Gasteiger partial charge in [-0.15, -0.1) is 0 Å². The summed E-state index contributed by atoms with van der Waals surface area (Å²) in [7, 11) is -3.41. The van der Waals surface area contributed by atoms with Gasteiger partial charge in [0.2, 0.25) is 10.0 Å². The predicted molar refractivity (Wildman–Crippen MR) is 68.4 cm³/mol. The molecule has 1 aliphatic heterocycles. The Bertz CT molecular complexity index is 539. The van der Waals surface area contributed by atoms with Crippen LogP contribution in [0.3, 0.4) is 0 Å². The van der Waals surface area contributed by atoms with E-state index in [0.29, 0.717) is 36.5 Å². The minimum Gasteiger partial charge on any atom is -0.411 e. The first-order valence-electron chi connectivity index (χ1n) is 5.80. The highest BCUT2D eigenvalue weighted by molar-refractivity contribution is 7.89. The highest BCUT2D eigenvalue weighted by atomic mass is 32.2. The summed E-state index contributed by atoms with van der Waals surface area (Å²) in [4.78, 5) is 0.317. The SMILES string of the molecule is Cc1ccc(S(=O)(=O)N2CCC(=NO)CC2)cc1. The molecular weight excluding hydrogens is 252 g/mol. The van der Waals surface area contributed by atoms with Gasteiger partial charge in [-0.1, -0.05) is 22.9 Å². The van der Waals surface area contributed by atoms with E-state index in [1.165, 1.54) is 4.31 Å². The summed E-state index contributed by atoms with van der Waals surface area (Å²) < 4.78 is 26.1. The number of oxime groups is 1. The molecule has 1 heterocycles. The molecule has 0 aliphatic carbocycles. The lowest BCUT2D eigenvalue weighted by Crippen LogP contribution is -2.38. The van der Waals surface area contributed by atoms with E-state index in [-0.39, 0.29) is 0 Å². The maximum absolute atomic E-state index is 12.3. The average molecular weight is 268 g/mol. The molecule has 1 saturated heterocycles. The summed E-state index contributed by atoms with van der Waals surface area (Å²) in [6.07, 6.45) is 0.975. The summed E-state index contributed by atoms with van der Waals surface area (Å²) in [5.41, 5.74) is 1.69. The van der Waals surface area contributed by atoms with Crippen molar-refractivity contribution < 1.29 is 13.6 Å². The van der Waals surface area contributed by atoms with Gasteiger partial charge in [-0.3, -0.25) is 0 Å². The zero-order chi connectivity index (χ0) is 13.2. The van der Waals surface area contributed by atoms with Crippen molar-refractivity contribution in [2.24, 2.45) is 5.16 Å². The lowest BCUT2D eigenvalue weighted by molar-refractivity contribution is 0.310. The Morgan fingerprint density at radius 3 is 2.22 bits per heavy atom. The zero-order valence-electron chi connectivity index (χ0n) is 10.2. The van der Waals surface area contributed by atoms with Crippen LogP contribution in [0.2, 0.25) is 0 Å². The van der Waals surface area contributed by atoms with E-state index in [4.69, 9.17) is 5.21 Å². The van der Waals surface area contributed by atoms with E-state index in [0.717, 1.165) is 5.56 Å². The van der Waals surface area contributed by atoms with Gasteiger partial charge < -0.3 is 5.21 Å². The molecule has 6 heteroatoms. The fourth-order valence-corrected chi connectivity index (χ4v) is 3.39. The molecule has 1 aliphatic rings. The lowest BCUT2D eigenvalue weighted by atomic mass is 10.1. The van der Waals surface area contributed by atoms with Crippen LogP contribution in [0.25, 0.3) is 0 Å². The van der Waals surface area contributed by atoms with Crippen molar-refractivity contribution in [1.82, 2.24) is 4.31 Å². The Morgan fingerprint density at radius 2 is 1.72 bits per heavy atom. The molecule has 0 saturated carbocycles. The molecule has 0 radical (unpaired) electrons. The van der Waals surface area contributed by atoms with Crippen LogP contribution in [-0.4, -0.2) is 36.7 Å². The molecule has 98 valence electrons. The minimum absolute atomic E-state index is 0.317. The molecule has 1 N–H and O–H groups in total. The normalized spacial score (nSPS) is 17.7. The number of benzene rings is 1. The lowest BCUT2D eigenvalue weighted by Gasteiger charge is -2.26. The van der Waals surface area contributed by atoms with Gasteiger partial charge in [-0.2, -0.15) is 4.31 Å². The zero-order valence-corrected chi connectivity index (χ0v) is 11.0. The van der Waals surface area contributed by atoms with Crippen molar-refractivity contribution in [2.45, 2.75) is 24.7 Å². The van der Waals surface area contributed by atoms with E-state index < -0.39 is 10.0 Å². The number of hydrogen-bond donors (Lipinski definition) is 1. The van der Waals surface area contributed by atoms with E-state index >= 15 is 0 Å². The quantitative estimate of drug-likeness (QED) is 0.654. The van der Waals surface area contributed by atoms with Crippen LogP contribution in [-0.2, 0) is 10.0 Å². The number of sulfonamides is 1. The van der Waals surface area contributed by atoms with E-state index in [1.807, 2.05) is 6.92 Å². The third kappa shape index (κ3) is 2.54. The maximum Gasteiger partial charge on any atom is 0.243 e. The fourth-order valence-electron chi connectivity index (χ4n) is 1.94. The number of hydrogen-bond acceptors (Lipinski definition) is 4. The van der Waals surface area contributed by atoms with Crippen molar-refractivity contribution in [3.8, 4) is 0 Å². The van der Waals surface area contributed by atoms with Gasteiger partial charge >= 0.3 is 0 Å². The van der Waals surface area contributed by atoms with Crippen LogP contribution < -0.4 is 0 Å². The summed E-state index contributed by atoms with van der Waals surface area (Å²) in [5, 5.41) is 11.8. The third-order valence-corrected chi connectivity index (χ3v) is 5.01. The number of piperidine rings is 1. The Morgan fingerprint density at radius 1 is 1.17 bits per heavy atom. The number of aryl methyl sites for hydroxylation is 1. The molecule has 0 atom stereocenters. The molecule has 18 heavy (non-hydrogen) atoms. The third-order valence-electron chi connectivity index (χ3n) is 3.10. The fraction of sp³-hybridized carbons (Fsp3) is 0.417. The first kappa shape index (κ1) is 13.0. The van der Waals surface area contributed by atoms with Crippen LogP contribution in [0.4, 0.5) is 0 Å². The molecule has 0 amide bonds.